The predicted octanol–water partition coefficient (Wildman–Crippen LogP) is 1.92. The molecule has 0 aromatic carbocycles. The van der Waals surface area contributed by atoms with Crippen LogP contribution in [0.2, 0.25) is 0 Å². The molecule has 1 saturated carbocycles. The van der Waals surface area contributed by atoms with Crippen LogP contribution in [0.15, 0.2) is 4.90 Å². The highest BCUT2D eigenvalue weighted by Gasteiger charge is 2.33. The van der Waals surface area contributed by atoms with E-state index in [0.717, 1.165) is 31.2 Å². The predicted molar refractivity (Wildman–Crippen MR) is 94.5 cm³/mol. The molecule has 0 N–H and O–H groups in total. The van der Waals surface area contributed by atoms with Crippen molar-refractivity contribution in [2.45, 2.75) is 50.8 Å². The molecular weight excluding hydrogens is 324 g/mol. The summed E-state index contributed by atoms with van der Waals surface area (Å²) < 4.78 is 29.3. The zero-order chi connectivity index (χ0) is 17.3. The maximum Gasteiger partial charge on any atom is 0.246 e. The first kappa shape index (κ1) is 17.9. The lowest BCUT2D eigenvalue weighted by atomic mass is 9.89. The van der Waals surface area contributed by atoms with Gasteiger partial charge in [0, 0.05) is 39.8 Å². The van der Waals surface area contributed by atoms with Gasteiger partial charge in [-0.1, -0.05) is 19.3 Å². The van der Waals surface area contributed by atoms with Crippen LogP contribution in [0.5, 0.6) is 0 Å². The topological polar surface area (TPSA) is 58.4 Å². The zero-order valence-corrected chi connectivity index (χ0v) is 16.0. The normalized spacial score (nSPS) is 22.1. The van der Waals surface area contributed by atoms with Crippen LogP contribution in [0.4, 0.5) is 0 Å². The molecule has 24 heavy (non-hydrogen) atoms. The highest BCUT2D eigenvalue weighted by Crippen LogP contribution is 2.26. The Labute approximate surface area is 145 Å². The van der Waals surface area contributed by atoms with Gasteiger partial charge in [-0.3, -0.25) is 4.68 Å². The van der Waals surface area contributed by atoms with Gasteiger partial charge >= 0.3 is 0 Å². The highest BCUT2D eigenvalue weighted by molar-refractivity contribution is 7.89. The smallest absolute Gasteiger partial charge is 0.246 e. The molecule has 2 fully saturated rings. The molecule has 2 heterocycles. The molecule has 1 saturated heterocycles. The summed E-state index contributed by atoms with van der Waals surface area (Å²) in [5, 5.41) is 4.26. The average Bonchev–Trinajstić information content (AvgIpc) is 2.82. The molecule has 2 aliphatic rings. The Hall–Kier alpha value is -0.920. The third kappa shape index (κ3) is 3.53. The fourth-order valence-corrected chi connectivity index (χ4v) is 5.97. The van der Waals surface area contributed by atoms with Gasteiger partial charge in [-0.25, -0.2) is 8.42 Å². The van der Waals surface area contributed by atoms with E-state index in [1.165, 1.54) is 32.1 Å². The fourth-order valence-electron chi connectivity index (χ4n) is 4.14. The van der Waals surface area contributed by atoms with Gasteiger partial charge in [-0.2, -0.15) is 9.40 Å². The molecule has 1 aromatic rings. The highest BCUT2D eigenvalue weighted by atomic mass is 32.2. The number of piperazine rings is 1. The fraction of sp³-hybridized carbons (Fsp3) is 0.824. The third-order valence-corrected chi connectivity index (χ3v) is 7.76. The molecule has 7 heteroatoms. The summed E-state index contributed by atoms with van der Waals surface area (Å²) in [4.78, 5) is 2.84. The number of hydrogen-bond acceptors (Lipinski definition) is 4. The molecule has 1 aliphatic heterocycles. The number of rotatable bonds is 4. The van der Waals surface area contributed by atoms with Gasteiger partial charge in [-0.15, -0.1) is 0 Å². The van der Waals surface area contributed by atoms with E-state index in [2.05, 4.69) is 10.00 Å². The molecule has 136 valence electrons. The first-order valence-corrected chi connectivity index (χ1v) is 10.6. The second kappa shape index (κ2) is 7.14. The Bertz CT molecular complexity index is 669. The van der Waals surface area contributed by atoms with Crippen molar-refractivity contribution in [2.24, 2.45) is 13.0 Å². The quantitative estimate of drug-likeness (QED) is 0.829. The number of aryl methyl sites for hydroxylation is 2. The second-order valence-electron chi connectivity index (χ2n) is 7.33. The van der Waals surface area contributed by atoms with E-state index in [1.807, 2.05) is 6.92 Å². The lowest BCUT2D eigenvalue weighted by molar-refractivity contribution is 0.150. The van der Waals surface area contributed by atoms with Gasteiger partial charge in [0.25, 0.3) is 0 Å². The summed E-state index contributed by atoms with van der Waals surface area (Å²) in [5.74, 6) is 0.810. The Morgan fingerprint density at radius 1 is 1.04 bits per heavy atom. The van der Waals surface area contributed by atoms with Crippen molar-refractivity contribution in [3.05, 3.63) is 11.4 Å². The van der Waals surface area contributed by atoms with Gasteiger partial charge in [0.15, 0.2) is 0 Å². The van der Waals surface area contributed by atoms with Crippen molar-refractivity contribution in [3.63, 3.8) is 0 Å². The Morgan fingerprint density at radius 3 is 2.21 bits per heavy atom. The minimum Gasteiger partial charge on any atom is -0.300 e. The molecule has 3 rings (SSSR count). The van der Waals surface area contributed by atoms with E-state index in [4.69, 9.17) is 0 Å². The maximum atomic E-state index is 13.0. The second-order valence-corrected chi connectivity index (χ2v) is 9.21. The number of nitrogens with zero attached hydrogens (tertiary/aromatic N) is 4. The van der Waals surface area contributed by atoms with Crippen molar-refractivity contribution < 1.29 is 8.42 Å². The first-order valence-electron chi connectivity index (χ1n) is 9.12. The Kier molecular flexibility index (Phi) is 5.32. The Morgan fingerprint density at radius 2 is 1.67 bits per heavy atom. The van der Waals surface area contributed by atoms with Gasteiger partial charge in [0.05, 0.1) is 11.4 Å². The monoisotopic (exact) mass is 354 g/mol. The molecule has 0 bridgehead atoms. The van der Waals surface area contributed by atoms with Crippen LogP contribution in [0.1, 0.15) is 43.5 Å². The van der Waals surface area contributed by atoms with Crippen LogP contribution >= 0.6 is 0 Å². The number of aromatic nitrogens is 2. The lowest BCUT2D eigenvalue weighted by Gasteiger charge is -2.36. The van der Waals surface area contributed by atoms with Crippen LogP contribution < -0.4 is 0 Å². The van der Waals surface area contributed by atoms with Crippen LogP contribution in [0, 0.1) is 19.8 Å². The molecule has 0 spiro atoms. The van der Waals surface area contributed by atoms with E-state index < -0.39 is 10.0 Å². The molecule has 0 radical (unpaired) electrons. The number of hydrogen-bond donors (Lipinski definition) is 0. The van der Waals surface area contributed by atoms with Gasteiger partial charge in [0.2, 0.25) is 10.0 Å². The van der Waals surface area contributed by atoms with Crippen LogP contribution in [-0.4, -0.2) is 60.1 Å². The van der Waals surface area contributed by atoms with Crippen molar-refractivity contribution in [3.8, 4) is 0 Å². The molecule has 1 aromatic heterocycles. The third-order valence-electron chi connectivity index (χ3n) is 5.61. The van der Waals surface area contributed by atoms with Gasteiger partial charge in [-0.05, 0) is 32.6 Å². The van der Waals surface area contributed by atoms with Crippen molar-refractivity contribution in [1.82, 2.24) is 19.0 Å². The molecule has 0 amide bonds. The van der Waals surface area contributed by atoms with Crippen LogP contribution in [-0.2, 0) is 17.1 Å². The van der Waals surface area contributed by atoms with E-state index in [0.29, 0.717) is 23.7 Å². The average molecular weight is 355 g/mol. The number of sulfonamides is 1. The zero-order valence-electron chi connectivity index (χ0n) is 15.2. The summed E-state index contributed by atoms with van der Waals surface area (Å²) in [6.07, 6.45) is 6.78. The van der Waals surface area contributed by atoms with E-state index >= 15 is 0 Å². The molecule has 6 nitrogen and oxygen atoms in total. The Balaban J connectivity index is 1.63. The summed E-state index contributed by atoms with van der Waals surface area (Å²) in [7, 11) is -1.64. The van der Waals surface area contributed by atoms with E-state index in [-0.39, 0.29) is 0 Å². The van der Waals surface area contributed by atoms with E-state index in [9.17, 15) is 8.42 Å². The van der Waals surface area contributed by atoms with Crippen LogP contribution in [0.25, 0.3) is 0 Å². The SMILES string of the molecule is Cc1nn(C)c(C)c1S(=O)(=O)N1CCN(CC2CCCCC2)CC1. The van der Waals surface area contributed by atoms with Gasteiger partial charge < -0.3 is 4.90 Å². The van der Waals surface area contributed by atoms with E-state index in [1.54, 1.807) is 23.0 Å². The minimum atomic E-state index is -3.44. The molecule has 0 unspecified atom stereocenters. The van der Waals surface area contributed by atoms with Crippen molar-refractivity contribution in [1.29, 1.82) is 0 Å². The van der Waals surface area contributed by atoms with Crippen molar-refractivity contribution >= 4 is 10.0 Å². The van der Waals surface area contributed by atoms with Crippen molar-refractivity contribution in [2.75, 3.05) is 32.7 Å². The van der Waals surface area contributed by atoms with Gasteiger partial charge in [0.1, 0.15) is 4.90 Å². The van der Waals surface area contributed by atoms with Crippen LogP contribution in [0.3, 0.4) is 0 Å². The largest absolute Gasteiger partial charge is 0.300 e. The lowest BCUT2D eigenvalue weighted by Crippen LogP contribution is -2.49. The summed E-state index contributed by atoms with van der Waals surface area (Å²) in [5.41, 5.74) is 1.32. The molecule has 0 atom stereocenters. The summed E-state index contributed by atoms with van der Waals surface area (Å²) in [6, 6.07) is 0. The molecular formula is C17H30N4O2S. The summed E-state index contributed by atoms with van der Waals surface area (Å²) >= 11 is 0. The standard InChI is InChI=1S/C17H30N4O2S/c1-14-17(15(2)19(3)18-14)24(22,23)21-11-9-20(10-12-21)13-16-7-5-4-6-8-16/h16H,4-13H2,1-3H3. The minimum absolute atomic E-state index is 0.394. The first-order chi connectivity index (χ1) is 11.4. The summed E-state index contributed by atoms with van der Waals surface area (Å²) in [6.45, 7) is 7.60. The molecule has 1 aliphatic carbocycles. The maximum absolute atomic E-state index is 13.0.